The third-order valence-electron chi connectivity index (χ3n) is 4.04. The van der Waals surface area contributed by atoms with Gasteiger partial charge < -0.3 is 9.47 Å². The highest BCUT2D eigenvalue weighted by Crippen LogP contribution is 2.33. The molecule has 0 spiro atoms. The monoisotopic (exact) mass is 356 g/mol. The van der Waals surface area contributed by atoms with Crippen LogP contribution in [0.3, 0.4) is 0 Å². The van der Waals surface area contributed by atoms with E-state index in [0.29, 0.717) is 17.1 Å². The van der Waals surface area contributed by atoms with Crippen molar-refractivity contribution in [1.29, 1.82) is 0 Å². The Morgan fingerprint density at radius 1 is 1.12 bits per heavy atom. The lowest BCUT2D eigenvalue weighted by Gasteiger charge is -2.25. The number of nitrogens with one attached hydrogen (secondary N) is 1. The van der Waals surface area contributed by atoms with Gasteiger partial charge in [-0.2, -0.15) is 0 Å². The van der Waals surface area contributed by atoms with Gasteiger partial charge in [0, 0.05) is 12.6 Å². The van der Waals surface area contributed by atoms with Crippen molar-refractivity contribution in [1.82, 2.24) is 10.2 Å². The summed E-state index contributed by atoms with van der Waals surface area (Å²) in [5.74, 6) is 0.216. The fraction of sp³-hybridized carbons (Fsp3) is 0.167. The molecule has 0 saturated carbocycles. The van der Waals surface area contributed by atoms with E-state index in [1.165, 1.54) is 25.1 Å². The van der Waals surface area contributed by atoms with Crippen LogP contribution in [0.5, 0.6) is 11.5 Å². The van der Waals surface area contributed by atoms with Gasteiger partial charge in [-0.1, -0.05) is 12.1 Å². The van der Waals surface area contributed by atoms with Crippen molar-refractivity contribution in [2.24, 2.45) is 0 Å². The second-order valence-electron chi connectivity index (χ2n) is 5.45. The van der Waals surface area contributed by atoms with Gasteiger partial charge in [0.05, 0.1) is 14.2 Å². The van der Waals surface area contributed by atoms with E-state index >= 15 is 0 Å². The second-order valence-corrected chi connectivity index (χ2v) is 5.84. The quantitative estimate of drug-likeness (QED) is 0.518. The van der Waals surface area contributed by atoms with Gasteiger partial charge in [-0.25, -0.2) is 0 Å². The third kappa shape index (κ3) is 2.94. The van der Waals surface area contributed by atoms with Crippen LogP contribution in [0.1, 0.15) is 5.56 Å². The van der Waals surface area contributed by atoms with E-state index in [1.54, 1.807) is 13.2 Å². The van der Waals surface area contributed by atoms with Gasteiger partial charge in [0.15, 0.2) is 5.11 Å². The Morgan fingerprint density at radius 2 is 1.84 bits per heavy atom. The molecule has 1 N–H and O–H groups in total. The summed E-state index contributed by atoms with van der Waals surface area (Å²) < 4.78 is 10.7. The first-order valence-electron chi connectivity index (χ1n) is 7.46. The smallest absolute Gasteiger partial charge is 0.265 e. The lowest BCUT2D eigenvalue weighted by atomic mass is 9.99. The molecule has 0 radical (unpaired) electrons. The van der Waals surface area contributed by atoms with Gasteiger partial charge in [0.2, 0.25) is 0 Å². The number of nitrogens with zero attached hydrogens (tertiary/aromatic N) is 1. The van der Waals surface area contributed by atoms with Gasteiger partial charge in [0.1, 0.15) is 17.1 Å². The summed E-state index contributed by atoms with van der Waals surface area (Å²) >= 11 is 4.96. The predicted octanol–water partition coefficient (Wildman–Crippen LogP) is 2.11. The van der Waals surface area contributed by atoms with Crippen LogP contribution in [0.4, 0.5) is 0 Å². The topological polar surface area (TPSA) is 67.9 Å². The molecule has 0 aromatic heterocycles. The molecule has 7 heteroatoms. The normalized spacial score (nSPS) is 16.4. The van der Waals surface area contributed by atoms with Gasteiger partial charge in [-0.15, -0.1) is 0 Å². The summed E-state index contributed by atoms with van der Waals surface area (Å²) in [5.41, 5.74) is 0.614. The molecular formula is C18H16N2O4S. The number of fused-ring (bicyclic) bond motifs is 1. The molecule has 2 aromatic rings. The Bertz CT molecular complexity index is 931. The number of carbonyl (C=O) groups is 2. The first-order valence-corrected chi connectivity index (χ1v) is 7.87. The fourth-order valence-electron chi connectivity index (χ4n) is 2.65. The molecule has 6 nitrogen and oxygen atoms in total. The van der Waals surface area contributed by atoms with Gasteiger partial charge in [-0.3, -0.25) is 19.8 Å². The van der Waals surface area contributed by atoms with E-state index in [0.717, 1.165) is 10.8 Å². The number of likely N-dealkylation sites (N-methyl/N-ethyl adjacent to an activating group) is 1. The average Bonchev–Trinajstić information content (AvgIpc) is 2.62. The Morgan fingerprint density at radius 3 is 2.52 bits per heavy atom. The third-order valence-corrected chi connectivity index (χ3v) is 4.42. The number of rotatable bonds is 3. The highest BCUT2D eigenvalue weighted by atomic mass is 32.1. The minimum atomic E-state index is -0.532. The van der Waals surface area contributed by atoms with Crippen molar-refractivity contribution < 1.29 is 19.1 Å². The van der Waals surface area contributed by atoms with Crippen molar-refractivity contribution in [3.8, 4) is 11.5 Å². The minimum Gasteiger partial charge on any atom is -0.497 e. The largest absolute Gasteiger partial charge is 0.497 e. The highest BCUT2D eigenvalue weighted by Gasteiger charge is 2.31. The van der Waals surface area contributed by atoms with Crippen LogP contribution < -0.4 is 14.8 Å². The summed E-state index contributed by atoms with van der Waals surface area (Å²) in [6, 6.07) is 9.28. The molecule has 2 amide bonds. The molecule has 1 heterocycles. The zero-order chi connectivity index (χ0) is 18.1. The SMILES string of the molecule is COc1ccc2ccc(OC)c(C=C3C(=O)NC(=S)N(C)C3=O)c2c1. The standard InChI is InChI=1S/C18H16N2O4S/c1-20-17(22)14(16(21)19-18(20)25)9-13-12-8-11(23-2)6-4-10(12)5-7-15(13)24-3/h4-9H,1-3H3,(H,19,21,25). The molecule has 3 rings (SSSR count). The average molecular weight is 356 g/mol. The van der Waals surface area contributed by atoms with Crippen molar-refractivity contribution in [3.63, 3.8) is 0 Å². The van der Waals surface area contributed by atoms with E-state index in [1.807, 2.05) is 24.3 Å². The first-order chi connectivity index (χ1) is 12.0. The van der Waals surface area contributed by atoms with Crippen molar-refractivity contribution in [3.05, 3.63) is 41.5 Å². The molecule has 128 valence electrons. The molecule has 1 aliphatic rings. The van der Waals surface area contributed by atoms with Crippen LogP contribution in [0, 0.1) is 0 Å². The minimum absolute atomic E-state index is 0.00952. The number of amides is 2. The van der Waals surface area contributed by atoms with Crippen molar-refractivity contribution in [2.45, 2.75) is 0 Å². The number of methoxy groups -OCH3 is 2. The summed E-state index contributed by atoms with van der Waals surface area (Å²) in [5, 5.41) is 4.32. The molecular weight excluding hydrogens is 340 g/mol. The number of carbonyl (C=O) groups excluding carboxylic acids is 2. The van der Waals surface area contributed by atoms with Crippen molar-refractivity contribution in [2.75, 3.05) is 21.3 Å². The number of ether oxygens (including phenoxy) is 2. The maximum atomic E-state index is 12.5. The Hall–Kier alpha value is -2.93. The van der Waals surface area contributed by atoms with E-state index in [4.69, 9.17) is 21.7 Å². The summed E-state index contributed by atoms with van der Waals surface area (Å²) in [4.78, 5) is 25.9. The van der Waals surface area contributed by atoms with E-state index < -0.39 is 11.8 Å². The van der Waals surface area contributed by atoms with E-state index in [-0.39, 0.29) is 10.7 Å². The van der Waals surface area contributed by atoms with Crippen LogP contribution >= 0.6 is 12.2 Å². The Labute approximate surface area is 150 Å². The summed E-state index contributed by atoms with van der Waals surface area (Å²) in [6.07, 6.45) is 1.52. The molecule has 0 aliphatic carbocycles. The Balaban J connectivity index is 2.24. The zero-order valence-corrected chi connectivity index (χ0v) is 14.8. The lowest BCUT2D eigenvalue weighted by molar-refractivity contribution is -0.128. The molecule has 0 unspecified atom stereocenters. The molecule has 2 aromatic carbocycles. The van der Waals surface area contributed by atoms with Crippen molar-refractivity contribution >= 4 is 46.0 Å². The molecule has 0 atom stereocenters. The summed E-state index contributed by atoms with van der Waals surface area (Å²) in [6.45, 7) is 0. The van der Waals surface area contributed by atoms with E-state index in [2.05, 4.69) is 5.32 Å². The van der Waals surface area contributed by atoms with Crippen LogP contribution in [0.15, 0.2) is 35.9 Å². The number of thiocarbonyl (C=S) groups is 1. The predicted molar refractivity (Wildman–Crippen MR) is 98.5 cm³/mol. The number of hydrogen-bond donors (Lipinski definition) is 1. The van der Waals surface area contributed by atoms with Crippen LogP contribution in [0.25, 0.3) is 16.8 Å². The molecule has 1 aliphatic heterocycles. The maximum Gasteiger partial charge on any atom is 0.265 e. The number of benzene rings is 2. The van der Waals surface area contributed by atoms with Crippen LogP contribution in [-0.4, -0.2) is 43.1 Å². The molecule has 0 bridgehead atoms. The molecule has 1 saturated heterocycles. The lowest BCUT2D eigenvalue weighted by Crippen LogP contribution is -2.52. The molecule has 1 fully saturated rings. The fourth-order valence-corrected chi connectivity index (χ4v) is 2.82. The van der Waals surface area contributed by atoms with Crippen LogP contribution in [-0.2, 0) is 9.59 Å². The zero-order valence-electron chi connectivity index (χ0n) is 14.0. The maximum absolute atomic E-state index is 12.5. The number of hydrogen-bond acceptors (Lipinski definition) is 5. The summed E-state index contributed by atoms with van der Waals surface area (Å²) in [7, 11) is 4.63. The second kappa shape index (κ2) is 6.52. The van der Waals surface area contributed by atoms with E-state index in [9.17, 15) is 9.59 Å². The van der Waals surface area contributed by atoms with Gasteiger partial charge in [-0.05, 0) is 47.3 Å². The highest BCUT2D eigenvalue weighted by molar-refractivity contribution is 7.80. The first kappa shape index (κ1) is 16.9. The van der Waals surface area contributed by atoms with Gasteiger partial charge >= 0.3 is 0 Å². The molecule has 25 heavy (non-hydrogen) atoms. The van der Waals surface area contributed by atoms with Crippen LogP contribution in [0.2, 0.25) is 0 Å². The van der Waals surface area contributed by atoms with Gasteiger partial charge in [0.25, 0.3) is 11.8 Å². The Kier molecular flexibility index (Phi) is 4.41.